The molecule has 0 aliphatic carbocycles. The summed E-state index contributed by atoms with van der Waals surface area (Å²) in [7, 11) is 0. The lowest BCUT2D eigenvalue weighted by Crippen LogP contribution is -2.07. The Balaban J connectivity index is 2.71. The van der Waals surface area contributed by atoms with Crippen LogP contribution < -0.4 is 5.56 Å². The molecule has 0 saturated carbocycles. The standard InChI is InChI=1S/C11H7FN2O2/c1-5-8-10(16-14-5)6-3-2-4-7(12)9(6)13-11(8)15/h2-4H,1H3,(H,13,15). The van der Waals surface area contributed by atoms with Crippen molar-refractivity contribution < 1.29 is 8.91 Å². The summed E-state index contributed by atoms with van der Waals surface area (Å²) in [4.78, 5) is 14.2. The molecule has 80 valence electrons. The van der Waals surface area contributed by atoms with Crippen molar-refractivity contribution in [2.75, 3.05) is 0 Å². The summed E-state index contributed by atoms with van der Waals surface area (Å²) in [6.07, 6.45) is 0. The van der Waals surface area contributed by atoms with Crippen molar-refractivity contribution in [1.29, 1.82) is 0 Å². The van der Waals surface area contributed by atoms with Crippen LogP contribution in [0.5, 0.6) is 0 Å². The minimum Gasteiger partial charge on any atom is -0.355 e. The number of fused-ring (bicyclic) bond motifs is 3. The van der Waals surface area contributed by atoms with Gasteiger partial charge in [0, 0.05) is 5.39 Å². The topological polar surface area (TPSA) is 58.9 Å². The van der Waals surface area contributed by atoms with E-state index < -0.39 is 5.82 Å². The first kappa shape index (κ1) is 9.08. The molecule has 2 heterocycles. The molecule has 0 atom stereocenters. The van der Waals surface area contributed by atoms with Gasteiger partial charge in [0.15, 0.2) is 5.58 Å². The molecular formula is C11H7FN2O2. The molecule has 0 radical (unpaired) electrons. The summed E-state index contributed by atoms with van der Waals surface area (Å²) < 4.78 is 18.5. The quantitative estimate of drug-likeness (QED) is 0.628. The lowest BCUT2D eigenvalue weighted by molar-refractivity contribution is 0.452. The van der Waals surface area contributed by atoms with Crippen molar-refractivity contribution in [3.63, 3.8) is 0 Å². The van der Waals surface area contributed by atoms with Crippen molar-refractivity contribution in [2.24, 2.45) is 0 Å². The number of nitrogens with zero attached hydrogens (tertiary/aromatic N) is 1. The van der Waals surface area contributed by atoms with Gasteiger partial charge in [-0.25, -0.2) is 4.39 Å². The van der Waals surface area contributed by atoms with E-state index in [2.05, 4.69) is 10.1 Å². The highest BCUT2D eigenvalue weighted by Gasteiger charge is 2.14. The highest BCUT2D eigenvalue weighted by molar-refractivity contribution is 6.02. The zero-order valence-electron chi connectivity index (χ0n) is 8.37. The summed E-state index contributed by atoms with van der Waals surface area (Å²) >= 11 is 0. The fourth-order valence-electron chi connectivity index (χ4n) is 1.84. The first-order valence-corrected chi connectivity index (χ1v) is 4.75. The van der Waals surface area contributed by atoms with E-state index >= 15 is 0 Å². The van der Waals surface area contributed by atoms with Gasteiger partial charge in [-0.2, -0.15) is 0 Å². The van der Waals surface area contributed by atoms with Crippen LogP contribution in [0.2, 0.25) is 0 Å². The van der Waals surface area contributed by atoms with Gasteiger partial charge >= 0.3 is 0 Å². The fourth-order valence-corrected chi connectivity index (χ4v) is 1.84. The van der Waals surface area contributed by atoms with Crippen LogP contribution in [0.15, 0.2) is 27.5 Å². The summed E-state index contributed by atoms with van der Waals surface area (Å²) in [6, 6.07) is 4.53. The molecule has 1 N–H and O–H groups in total. The Morgan fingerprint density at radius 1 is 1.44 bits per heavy atom. The van der Waals surface area contributed by atoms with Crippen LogP contribution in [0.1, 0.15) is 5.69 Å². The van der Waals surface area contributed by atoms with E-state index in [4.69, 9.17) is 4.52 Å². The van der Waals surface area contributed by atoms with Crippen LogP contribution in [0.4, 0.5) is 4.39 Å². The molecule has 3 aromatic rings. The number of aromatic nitrogens is 2. The maximum absolute atomic E-state index is 13.5. The van der Waals surface area contributed by atoms with Gasteiger partial charge in [-0.15, -0.1) is 0 Å². The van der Waals surface area contributed by atoms with Gasteiger partial charge in [0.1, 0.15) is 11.2 Å². The Morgan fingerprint density at radius 3 is 3.06 bits per heavy atom. The van der Waals surface area contributed by atoms with Gasteiger partial charge in [-0.3, -0.25) is 4.79 Å². The van der Waals surface area contributed by atoms with E-state index in [9.17, 15) is 9.18 Å². The van der Waals surface area contributed by atoms with Gasteiger partial charge in [-0.1, -0.05) is 11.2 Å². The van der Waals surface area contributed by atoms with Gasteiger partial charge in [0.05, 0.1) is 11.2 Å². The largest absolute Gasteiger partial charge is 0.355 e. The Kier molecular flexibility index (Phi) is 1.65. The van der Waals surface area contributed by atoms with Crippen LogP contribution >= 0.6 is 0 Å². The molecule has 4 nitrogen and oxygen atoms in total. The molecular weight excluding hydrogens is 211 g/mol. The summed E-state index contributed by atoms with van der Waals surface area (Å²) in [6.45, 7) is 1.67. The molecule has 0 aliphatic rings. The minimum absolute atomic E-state index is 0.149. The van der Waals surface area contributed by atoms with E-state index in [1.807, 2.05) is 0 Å². The molecule has 1 aromatic carbocycles. The third-order valence-electron chi connectivity index (χ3n) is 2.59. The SMILES string of the molecule is Cc1noc2c1c(=O)[nH]c1c(F)cccc12. The second-order valence-electron chi connectivity index (χ2n) is 3.59. The Hall–Kier alpha value is -2.17. The molecule has 0 aliphatic heterocycles. The zero-order chi connectivity index (χ0) is 11.3. The second kappa shape index (κ2) is 2.91. The average molecular weight is 218 g/mol. The maximum atomic E-state index is 13.5. The summed E-state index contributed by atoms with van der Waals surface area (Å²) in [5.74, 6) is -0.481. The van der Waals surface area contributed by atoms with Crippen molar-refractivity contribution in [3.05, 3.63) is 40.1 Å². The number of aromatic amines is 1. The predicted octanol–water partition coefficient (Wildman–Crippen LogP) is 2.12. The summed E-state index contributed by atoms with van der Waals surface area (Å²) in [5.41, 5.74) is 0.598. The molecule has 3 rings (SSSR count). The van der Waals surface area contributed by atoms with E-state index in [0.29, 0.717) is 22.0 Å². The number of para-hydroxylation sites is 1. The number of halogens is 1. The van der Waals surface area contributed by atoms with E-state index in [1.165, 1.54) is 6.07 Å². The van der Waals surface area contributed by atoms with E-state index in [-0.39, 0.29) is 11.1 Å². The molecule has 0 unspecified atom stereocenters. The molecule has 0 amide bonds. The average Bonchev–Trinajstić information content (AvgIpc) is 2.64. The molecule has 5 heteroatoms. The number of benzene rings is 1. The number of hydrogen-bond acceptors (Lipinski definition) is 3. The zero-order valence-corrected chi connectivity index (χ0v) is 8.37. The molecule has 16 heavy (non-hydrogen) atoms. The highest BCUT2D eigenvalue weighted by Crippen LogP contribution is 2.24. The van der Waals surface area contributed by atoms with Crippen LogP contribution in [0, 0.1) is 12.7 Å². The van der Waals surface area contributed by atoms with Crippen LogP contribution in [-0.2, 0) is 0 Å². The number of H-pyrrole nitrogens is 1. The smallest absolute Gasteiger partial charge is 0.261 e. The van der Waals surface area contributed by atoms with E-state index in [0.717, 1.165) is 0 Å². The molecule has 0 bridgehead atoms. The fraction of sp³-hybridized carbons (Fsp3) is 0.0909. The number of rotatable bonds is 0. The van der Waals surface area contributed by atoms with Gasteiger partial charge in [0.25, 0.3) is 5.56 Å². The Labute approximate surface area is 88.7 Å². The number of nitrogens with one attached hydrogen (secondary N) is 1. The monoisotopic (exact) mass is 218 g/mol. The number of aryl methyl sites for hydroxylation is 1. The maximum Gasteiger partial charge on any atom is 0.261 e. The third kappa shape index (κ3) is 1.02. The lowest BCUT2D eigenvalue weighted by atomic mass is 10.1. The van der Waals surface area contributed by atoms with Crippen LogP contribution in [0.3, 0.4) is 0 Å². The first-order chi connectivity index (χ1) is 7.68. The third-order valence-corrected chi connectivity index (χ3v) is 2.59. The number of pyridine rings is 1. The molecule has 0 saturated heterocycles. The Morgan fingerprint density at radius 2 is 2.25 bits per heavy atom. The first-order valence-electron chi connectivity index (χ1n) is 4.75. The predicted molar refractivity (Wildman–Crippen MR) is 56.8 cm³/mol. The normalized spacial score (nSPS) is 11.4. The minimum atomic E-state index is -0.481. The van der Waals surface area contributed by atoms with E-state index in [1.54, 1.807) is 19.1 Å². The van der Waals surface area contributed by atoms with Gasteiger partial charge in [-0.05, 0) is 19.1 Å². The van der Waals surface area contributed by atoms with Crippen molar-refractivity contribution in [3.8, 4) is 0 Å². The highest BCUT2D eigenvalue weighted by atomic mass is 19.1. The molecule has 0 fully saturated rings. The molecule has 0 spiro atoms. The van der Waals surface area contributed by atoms with Crippen LogP contribution in [-0.4, -0.2) is 10.1 Å². The second-order valence-corrected chi connectivity index (χ2v) is 3.59. The van der Waals surface area contributed by atoms with Crippen LogP contribution in [0.25, 0.3) is 21.9 Å². The summed E-state index contributed by atoms with van der Waals surface area (Å²) in [5, 5.41) is 4.62. The molecule has 2 aromatic heterocycles. The van der Waals surface area contributed by atoms with Gasteiger partial charge in [0.2, 0.25) is 0 Å². The van der Waals surface area contributed by atoms with Crippen molar-refractivity contribution in [1.82, 2.24) is 10.1 Å². The Bertz CT molecular complexity index is 758. The van der Waals surface area contributed by atoms with Crippen molar-refractivity contribution >= 4 is 21.9 Å². The van der Waals surface area contributed by atoms with Gasteiger partial charge < -0.3 is 9.51 Å². The van der Waals surface area contributed by atoms with Crippen molar-refractivity contribution in [2.45, 2.75) is 6.92 Å². The lowest BCUT2D eigenvalue weighted by Gasteiger charge is -1.98. The number of hydrogen-bond donors (Lipinski definition) is 1.